The number of hydrogen-bond donors (Lipinski definition) is 1. The molecule has 1 aromatic rings. The van der Waals surface area contributed by atoms with E-state index in [9.17, 15) is 4.79 Å². The van der Waals surface area contributed by atoms with E-state index in [0.29, 0.717) is 29.0 Å². The van der Waals surface area contributed by atoms with Gasteiger partial charge in [-0.3, -0.25) is 4.79 Å². The largest absolute Gasteiger partial charge is 0.328 e. The Labute approximate surface area is 192 Å². The second-order valence-corrected chi connectivity index (χ2v) is 12.9. The van der Waals surface area contributed by atoms with Gasteiger partial charge >= 0.3 is 0 Å². The Balaban J connectivity index is 1.41. The molecule has 0 spiro atoms. The quantitative estimate of drug-likeness (QED) is 0.322. The van der Waals surface area contributed by atoms with Gasteiger partial charge in [-0.25, -0.2) is 4.99 Å². The van der Waals surface area contributed by atoms with Crippen LogP contribution in [0.25, 0.3) is 0 Å². The molecule has 6 rings (SSSR count). The number of aliphatic imine (C=N–C) groups is 1. The van der Waals surface area contributed by atoms with E-state index in [4.69, 9.17) is 5.73 Å². The lowest BCUT2D eigenvalue weighted by Crippen LogP contribution is -2.38. The van der Waals surface area contributed by atoms with E-state index in [-0.39, 0.29) is 16.7 Å². The van der Waals surface area contributed by atoms with E-state index in [1.807, 2.05) is 6.21 Å². The lowest BCUT2D eigenvalue weighted by Gasteiger charge is -2.42. The average molecular weight is 522 g/mol. The van der Waals surface area contributed by atoms with Gasteiger partial charge in [0.05, 0.1) is 5.41 Å². The Hall–Kier alpha value is -0.400. The summed E-state index contributed by atoms with van der Waals surface area (Å²) < 4.78 is 1.11. The van der Waals surface area contributed by atoms with Gasteiger partial charge in [0.15, 0.2) is 0 Å². The van der Waals surface area contributed by atoms with Crippen molar-refractivity contribution in [2.75, 3.05) is 3.76 Å². The van der Waals surface area contributed by atoms with Gasteiger partial charge in [-0.2, -0.15) is 0 Å². The molecule has 2 N–H and O–H groups in total. The fraction of sp³-hybridized carbons (Fsp3) is 0.667. The molecule has 0 aromatic heterocycles. The number of thioether (sulfide) groups is 1. The van der Waals surface area contributed by atoms with Crippen LogP contribution < -0.4 is 5.73 Å². The molecule has 0 saturated heterocycles. The second-order valence-electron chi connectivity index (χ2n) is 9.96. The summed E-state index contributed by atoms with van der Waals surface area (Å²) in [5.74, 6) is 1.78. The summed E-state index contributed by atoms with van der Waals surface area (Å²) in [5.41, 5.74) is 7.47. The molecule has 1 aromatic carbocycles. The van der Waals surface area contributed by atoms with Gasteiger partial charge in [-0.15, -0.1) is 11.8 Å². The first-order valence-corrected chi connectivity index (χ1v) is 13.7. The highest BCUT2D eigenvalue weighted by Gasteiger charge is 2.70. The highest BCUT2D eigenvalue weighted by molar-refractivity contribution is 14.1. The number of nitrogens with two attached hydrogens (primary N) is 1. The standard InChI is InChI=1S/C24H31IN2OS/c25-15-29-21-17-10-23(18-4-2-1-3-5-18)12-20(21)24(11-17,14-23)22(28)27-13-16-6-8-19(26)9-7-16/h1-5,13,16-17,19-21H,6-12,14-15,26H2. The molecule has 5 heteroatoms. The minimum atomic E-state index is -0.218. The monoisotopic (exact) mass is 522 g/mol. The van der Waals surface area contributed by atoms with Crippen molar-refractivity contribution in [1.29, 1.82) is 0 Å². The minimum absolute atomic E-state index is 0.191. The molecule has 156 valence electrons. The number of hydrogen-bond acceptors (Lipinski definition) is 3. The molecular formula is C24H31IN2OS. The minimum Gasteiger partial charge on any atom is -0.328 e. The van der Waals surface area contributed by atoms with Gasteiger partial charge in [-0.1, -0.05) is 52.9 Å². The third-order valence-electron chi connectivity index (χ3n) is 8.40. The molecule has 5 aliphatic rings. The lowest BCUT2D eigenvalue weighted by atomic mass is 9.63. The molecule has 5 aliphatic carbocycles. The third kappa shape index (κ3) is 3.43. The molecule has 5 fully saturated rings. The first kappa shape index (κ1) is 20.5. The Bertz CT molecular complexity index is 793. The maximum absolute atomic E-state index is 13.6. The summed E-state index contributed by atoms with van der Waals surface area (Å²) in [5, 5.41) is 0.637. The topological polar surface area (TPSA) is 55.4 Å². The van der Waals surface area contributed by atoms with Gasteiger partial charge in [0.1, 0.15) is 0 Å². The van der Waals surface area contributed by atoms with Crippen LogP contribution in [0.3, 0.4) is 0 Å². The molecule has 0 radical (unpaired) electrons. The van der Waals surface area contributed by atoms with E-state index in [1.54, 1.807) is 0 Å². The Morgan fingerprint density at radius 2 is 1.93 bits per heavy atom. The summed E-state index contributed by atoms with van der Waals surface area (Å²) in [6.45, 7) is 0. The maximum Gasteiger partial charge on any atom is 0.251 e. The second kappa shape index (κ2) is 7.94. The number of alkyl halides is 1. The number of carbonyl (C=O) groups is 1. The smallest absolute Gasteiger partial charge is 0.251 e. The molecule has 5 unspecified atom stereocenters. The fourth-order valence-electron chi connectivity index (χ4n) is 7.21. The Kier molecular flexibility index (Phi) is 5.61. The van der Waals surface area contributed by atoms with Crippen molar-refractivity contribution in [2.45, 2.75) is 68.1 Å². The number of halogens is 1. The van der Waals surface area contributed by atoms with Crippen LogP contribution in [0.5, 0.6) is 0 Å². The van der Waals surface area contributed by atoms with Crippen molar-refractivity contribution >= 4 is 46.5 Å². The van der Waals surface area contributed by atoms with Crippen molar-refractivity contribution < 1.29 is 4.79 Å². The number of benzene rings is 1. The van der Waals surface area contributed by atoms with Gasteiger partial charge < -0.3 is 5.73 Å². The van der Waals surface area contributed by atoms with Crippen molar-refractivity contribution in [1.82, 2.24) is 0 Å². The van der Waals surface area contributed by atoms with Gasteiger partial charge in [0.25, 0.3) is 5.91 Å². The van der Waals surface area contributed by atoms with Crippen molar-refractivity contribution in [2.24, 2.45) is 33.9 Å². The molecule has 1 amide bonds. The van der Waals surface area contributed by atoms with E-state index >= 15 is 0 Å². The van der Waals surface area contributed by atoms with Crippen LogP contribution in [0.4, 0.5) is 0 Å². The molecule has 4 bridgehead atoms. The summed E-state index contributed by atoms with van der Waals surface area (Å²) >= 11 is 4.57. The molecule has 5 saturated carbocycles. The zero-order valence-electron chi connectivity index (χ0n) is 16.9. The predicted molar refractivity (Wildman–Crippen MR) is 130 cm³/mol. The van der Waals surface area contributed by atoms with E-state index in [2.05, 4.69) is 69.7 Å². The fourth-order valence-corrected chi connectivity index (χ4v) is 9.65. The third-order valence-corrected chi connectivity index (χ3v) is 10.7. The van der Waals surface area contributed by atoms with Crippen molar-refractivity contribution in [3.8, 4) is 0 Å². The highest BCUT2D eigenvalue weighted by atomic mass is 127. The normalized spacial score (nSPS) is 43.3. The van der Waals surface area contributed by atoms with Crippen LogP contribution in [-0.2, 0) is 10.2 Å². The number of amides is 1. The zero-order chi connectivity index (χ0) is 20.1. The van der Waals surface area contributed by atoms with Crippen LogP contribution >= 0.6 is 34.4 Å². The average Bonchev–Trinajstić information content (AvgIpc) is 3.11. The van der Waals surface area contributed by atoms with Gasteiger partial charge in [-0.05, 0) is 80.1 Å². The number of rotatable bonds is 5. The molecule has 0 aliphatic heterocycles. The molecule has 29 heavy (non-hydrogen) atoms. The van der Waals surface area contributed by atoms with Gasteiger partial charge in [0.2, 0.25) is 0 Å². The van der Waals surface area contributed by atoms with E-state index in [1.165, 1.54) is 18.4 Å². The first-order chi connectivity index (χ1) is 14.1. The van der Waals surface area contributed by atoms with Crippen molar-refractivity contribution in [3.63, 3.8) is 0 Å². The van der Waals surface area contributed by atoms with Crippen LogP contribution in [0.1, 0.15) is 56.9 Å². The SMILES string of the molecule is NC1CCC(C=NC(=O)C23CC4CC(c5ccccc5)(CC2C4SCI)C3)CC1. The summed E-state index contributed by atoms with van der Waals surface area (Å²) in [4.78, 5) is 18.3. The summed E-state index contributed by atoms with van der Waals surface area (Å²) in [6, 6.07) is 11.4. The molecule has 0 heterocycles. The predicted octanol–water partition coefficient (Wildman–Crippen LogP) is 5.35. The molecular weight excluding hydrogens is 491 g/mol. The Morgan fingerprint density at radius 1 is 1.17 bits per heavy atom. The van der Waals surface area contributed by atoms with Crippen LogP contribution in [-0.4, -0.2) is 27.2 Å². The summed E-state index contributed by atoms with van der Waals surface area (Å²) in [7, 11) is 0. The molecule has 3 nitrogen and oxygen atoms in total. The number of carbonyl (C=O) groups excluding carboxylic acids is 1. The Morgan fingerprint density at radius 3 is 2.66 bits per heavy atom. The van der Waals surface area contributed by atoms with Crippen LogP contribution in [0.15, 0.2) is 35.3 Å². The zero-order valence-corrected chi connectivity index (χ0v) is 19.9. The lowest BCUT2D eigenvalue weighted by molar-refractivity contribution is -0.129. The molecule has 5 atom stereocenters. The summed E-state index contributed by atoms with van der Waals surface area (Å²) in [6.07, 6.45) is 10.8. The van der Waals surface area contributed by atoms with Crippen LogP contribution in [0, 0.1) is 23.2 Å². The van der Waals surface area contributed by atoms with Gasteiger partial charge in [0, 0.05) is 21.3 Å². The van der Waals surface area contributed by atoms with Crippen LogP contribution in [0.2, 0.25) is 0 Å². The van der Waals surface area contributed by atoms with E-state index < -0.39 is 0 Å². The van der Waals surface area contributed by atoms with E-state index in [0.717, 1.165) is 42.3 Å². The first-order valence-electron chi connectivity index (χ1n) is 11.1. The number of nitrogens with zero attached hydrogens (tertiary/aromatic N) is 1. The highest BCUT2D eigenvalue weighted by Crippen LogP contribution is 2.73. The maximum atomic E-state index is 13.6. The van der Waals surface area contributed by atoms with Crippen molar-refractivity contribution in [3.05, 3.63) is 35.9 Å².